The fourth-order valence-corrected chi connectivity index (χ4v) is 4.53. The number of hydrogen-bond donors (Lipinski definition) is 1. The van der Waals surface area contributed by atoms with Gasteiger partial charge < -0.3 is 18.6 Å². The zero-order valence-corrected chi connectivity index (χ0v) is 19.1. The van der Waals surface area contributed by atoms with E-state index in [1.807, 2.05) is 6.08 Å². The monoisotopic (exact) mass is 404 g/mol. The highest BCUT2D eigenvalue weighted by atomic mass is 32.2. The molecule has 0 saturated carbocycles. The van der Waals surface area contributed by atoms with E-state index in [9.17, 15) is 0 Å². The van der Waals surface area contributed by atoms with Gasteiger partial charge in [0, 0.05) is 5.47 Å². The highest BCUT2D eigenvalue weighted by molar-refractivity contribution is 7.96. The maximum atomic E-state index is 6.32. The van der Waals surface area contributed by atoms with Gasteiger partial charge >= 0.3 is 14.2 Å². The number of nitrogens with zero attached hydrogens (tertiary/aromatic N) is 1. The van der Waals surface area contributed by atoms with Crippen LogP contribution in [0.15, 0.2) is 27.5 Å². The highest BCUT2D eigenvalue weighted by Crippen LogP contribution is 2.46. The fraction of sp³-hybridized carbons (Fsp3) is 0.737. The van der Waals surface area contributed by atoms with Gasteiger partial charge in [-0.3, -0.25) is 0 Å². The molecule has 4 aliphatic rings. The van der Waals surface area contributed by atoms with E-state index in [2.05, 4.69) is 77.5 Å². The van der Waals surface area contributed by atoms with Gasteiger partial charge in [0.05, 0.1) is 45.8 Å². The van der Waals surface area contributed by atoms with Crippen molar-refractivity contribution in [3.8, 4) is 0 Å². The highest BCUT2D eigenvalue weighted by Gasteiger charge is 2.60. The summed E-state index contributed by atoms with van der Waals surface area (Å²) in [6.07, 6.45) is 4.11. The van der Waals surface area contributed by atoms with Crippen LogP contribution in [0.2, 0.25) is 0 Å². The second kappa shape index (κ2) is 5.99. The third kappa shape index (κ3) is 2.81. The van der Waals surface area contributed by atoms with Crippen molar-refractivity contribution in [1.82, 2.24) is 4.72 Å². The number of fused-ring (bicyclic) bond motifs is 1. The number of nitrogens with one attached hydrogen (secondary N) is 1. The van der Waals surface area contributed by atoms with Crippen LogP contribution in [-0.2, 0) is 18.6 Å². The zero-order chi connectivity index (χ0) is 20.8. The molecule has 0 amide bonds. The number of rotatable bonds is 2. The standard InChI is InChI=1S/C19H30B2N2O4S/c1-15(2)16(3,4)25-20(24-15)12-10-11-13(19(9)14(12)22-28-23-19)21-26-17(5,6)18(7,8)27-21/h10-11,23H,1-9H3. The largest absolute Gasteiger partial charge is 0.496 e. The molecule has 1 N–H and O–H groups in total. The minimum Gasteiger partial charge on any atom is -0.400 e. The van der Waals surface area contributed by atoms with Gasteiger partial charge in [0.1, 0.15) is 0 Å². The molecule has 4 rings (SSSR count). The molecular weight excluding hydrogens is 374 g/mol. The van der Waals surface area contributed by atoms with E-state index in [-0.39, 0.29) is 0 Å². The van der Waals surface area contributed by atoms with Crippen molar-refractivity contribution >= 4 is 32.1 Å². The summed E-state index contributed by atoms with van der Waals surface area (Å²) in [5, 5.41) is 0. The van der Waals surface area contributed by atoms with Crippen LogP contribution in [0, 0.1) is 0 Å². The second-order valence-corrected chi connectivity index (χ2v) is 10.7. The van der Waals surface area contributed by atoms with Crippen molar-refractivity contribution in [2.75, 3.05) is 0 Å². The molecule has 1 unspecified atom stereocenters. The maximum Gasteiger partial charge on any atom is 0.496 e. The lowest BCUT2D eigenvalue weighted by atomic mass is 9.58. The van der Waals surface area contributed by atoms with Gasteiger partial charge in [-0.05, 0) is 67.8 Å². The predicted octanol–water partition coefficient (Wildman–Crippen LogP) is 3.48. The predicted molar refractivity (Wildman–Crippen MR) is 115 cm³/mol. The first-order chi connectivity index (χ1) is 12.7. The quantitative estimate of drug-likeness (QED) is 0.562. The van der Waals surface area contributed by atoms with Crippen LogP contribution in [0.3, 0.4) is 0 Å². The van der Waals surface area contributed by atoms with Crippen molar-refractivity contribution in [2.24, 2.45) is 4.40 Å². The molecular formula is C19H30B2N2O4S. The van der Waals surface area contributed by atoms with Gasteiger partial charge in [-0.15, -0.1) is 0 Å². The van der Waals surface area contributed by atoms with E-state index in [4.69, 9.17) is 18.6 Å². The van der Waals surface area contributed by atoms with Crippen LogP contribution in [-0.4, -0.2) is 47.9 Å². The SMILES string of the molecule is CC12NSN=C1C(B1OC(C)(C)C(C)(C)O1)=CC=C2B1OC(C)(C)C(C)(C)O1. The van der Waals surface area contributed by atoms with Gasteiger partial charge in [-0.1, -0.05) is 12.2 Å². The average Bonchev–Trinajstić information content (AvgIpc) is 3.08. The smallest absolute Gasteiger partial charge is 0.400 e. The minimum atomic E-state index is -0.514. The molecule has 2 fully saturated rings. The number of allylic oxidation sites excluding steroid dienone is 2. The lowest BCUT2D eigenvalue weighted by Crippen LogP contribution is -2.53. The lowest BCUT2D eigenvalue weighted by Gasteiger charge is -2.34. The molecule has 0 aromatic heterocycles. The number of hydrogen-bond acceptors (Lipinski definition) is 7. The Balaban J connectivity index is 1.70. The van der Waals surface area contributed by atoms with Crippen molar-refractivity contribution in [3.63, 3.8) is 0 Å². The summed E-state index contributed by atoms with van der Waals surface area (Å²) in [4.78, 5) is 0. The Morgan fingerprint density at radius 2 is 1.21 bits per heavy atom. The molecule has 2 saturated heterocycles. The molecule has 9 heteroatoms. The molecule has 0 bridgehead atoms. The first-order valence-electron chi connectivity index (χ1n) is 9.86. The third-order valence-electron chi connectivity index (χ3n) is 7.17. The summed E-state index contributed by atoms with van der Waals surface area (Å²) in [5.41, 5.74) is 0.757. The topological polar surface area (TPSA) is 61.3 Å². The molecule has 0 radical (unpaired) electrons. The molecule has 1 aliphatic carbocycles. The van der Waals surface area contributed by atoms with Crippen molar-refractivity contribution in [1.29, 1.82) is 0 Å². The Morgan fingerprint density at radius 3 is 1.71 bits per heavy atom. The molecule has 6 nitrogen and oxygen atoms in total. The van der Waals surface area contributed by atoms with E-state index >= 15 is 0 Å². The molecule has 152 valence electrons. The van der Waals surface area contributed by atoms with Crippen molar-refractivity contribution < 1.29 is 18.6 Å². The maximum absolute atomic E-state index is 6.32. The summed E-state index contributed by atoms with van der Waals surface area (Å²) in [7, 11) is -0.901. The Labute approximate surface area is 173 Å². The average molecular weight is 404 g/mol. The van der Waals surface area contributed by atoms with Crippen molar-refractivity contribution in [2.45, 2.75) is 90.3 Å². The molecule has 3 aliphatic heterocycles. The normalized spacial score (nSPS) is 34.8. The van der Waals surface area contributed by atoms with Gasteiger partial charge in [-0.2, -0.15) is 0 Å². The summed E-state index contributed by atoms with van der Waals surface area (Å²) >= 11 is 1.34. The van der Waals surface area contributed by atoms with E-state index < -0.39 is 42.2 Å². The van der Waals surface area contributed by atoms with Gasteiger partial charge in [0.15, 0.2) is 0 Å². The fourth-order valence-electron chi connectivity index (χ4n) is 3.71. The van der Waals surface area contributed by atoms with E-state index in [1.165, 1.54) is 12.1 Å². The summed E-state index contributed by atoms with van der Waals surface area (Å²) in [6.45, 7) is 18.6. The first kappa shape index (κ1) is 20.7. The van der Waals surface area contributed by atoms with Crippen LogP contribution >= 0.6 is 12.1 Å². The van der Waals surface area contributed by atoms with Crippen LogP contribution in [0.4, 0.5) is 0 Å². The van der Waals surface area contributed by atoms with E-state index in [0.29, 0.717) is 0 Å². The van der Waals surface area contributed by atoms with E-state index in [0.717, 1.165) is 16.7 Å². The second-order valence-electron chi connectivity index (χ2n) is 10.2. The third-order valence-corrected chi connectivity index (χ3v) is 7.94. The van der Waals surface area contributed by atoms with E-state index in [1.54, 1.807) is 0 Å². The van der Waals surface area contributed by atoms with Gasteiger partial charge in [0.25, 0.3) is 0 Å². The summed E-state index contributed by atoms with van der Waals surface area (Å²) < 4.78 is 33.3. The Morgan fingerprint density at radius 1 is 0.750 bits per heavy atom. The molecule has 1 atom stereocenters. The molecule has 28 heavy (non-hydrogen) atoms. The van der Waals surface area contributed by atoms with Gasteiger partial charge in [0.2, 0.25) is 0 Å². The van der Waals surface area contributed by atoms with Gasteiger partial charge in [-0.25, -0.2) is 9.12 Å². The summed E-state index contributed by atoms with van der Waals surface area (Å²) in [6, 6.07) is 0. The molecule has 0 spiro atoms. The van der Waals surface area contributed by atoms with Crippen LogP contribution in [0.25, 0.3) is 0 Å². The van der Waals surface area contributed by atoms with Crippen LogP contribution < -0.4 is 4.72 Å². The van der Waals surface area contributed by atoms with Crippen LogP contribution in [0.1, 0.15) is 62.3 Å². The Kier molecular flexibility index (Phi) is 4.42. The molecule has 0 aromatic rings. The Hall–Kier alpha value is -0.570. The summed E-state index contributed by atoms with van der Waals surface area (Å²) in [5.74, 6) is 0. The molecule has 3 heterocycles. The molecule has 0 aromatic carbocycles. The zero-order valence-electron chi connectivity index (χ0n) is 18.3. The van der Waals surface area contributed by atoms with Crippen LogP contribution in [0.5, 0.6) is 0 Å². The van der Waals surface area contributed by atoms with Crippen molar-refractivity contribution in [3.05, 3.63) is 23.1 Å². The lowest BCUT2D eigenvalue weighted by molar-refractivity contribution is 0.00578. The minimum absolute atomic E-state index is 0.395. The first-order valence-corrected chi connectivity index (χ1v) is 10.6. The Bertz CT molecular complexity index is 774.